The molecule has 2 aliphatic heterocycles. The van der Waals surface area contributed by atoms with Gasteiger partial charge in [-0.25, -0.2) is 0 Å². The van der Waals surface area contributed by atoms with Crippen LogP contribution in [-0.4, -0.2) is 31.5 Å². The van der Waals surface area contributed by atoms with Gasteiger partial charge in [0, 0.05) is 27.5 Å². The normalized spacial score (nSPS) is 17.5. The van der Waals surface area contributed by atoms with E-state index in [9.17, 15) is 4.79 Å². The van der Waals surface area contributed by atoms with Gasteiger partial charge >= 0.3 is 0 Å². The molecule has 0 saturated heterocycles. The van der Waals surface area contributed by atoms with E-state index in [-0.39, 0.29) is 11.4 Å². The highest BCUT2D eigenvalue weighted by molar-refractivity contribution is 9.10. The van der Waals surface area contributed by atoms with Crippen molar-refractivity contribution >= 4 is 55.7 Å². The van der Waals surface area contributed by atoms with Gasteiger partial charge < -0.3 is 4.57 Å². The third-order valence-electron chi connectivity index (χ3n) is 5.64. The number of nitrogens with one attached hydrogen (secondary N) is 1. The van der Waals surface area contributed by atoms with Gasteiger partial charge in [-0.15, -0.1) is 0 Å². The van der Waals surface area contributed by atoms with Gasteiger partial charge in [0.2, 0.25) is 5.17 Å². The molecule has 2 aliphatic rings. The summed E-state index contributed by atoms with van der Waals surface area (Å²) < 4.78 is 3.14. The van der Waals surface area contributed by atoms with Crippen LogP contribution in [0.15, 0.2) is 50.5 Å². The van der Waals surface area contributed by atoms with Crippen LogP contribution in [-0.2, 0) is 4.79 Å². The van der Waals surface area contributed by atoms with Gasteiger partial charge in [0.25, 0.3) is 5.91 Å². The number of aryl methyl sites for hydroxylation is 1. The third kappa shape index (κ3) is 3.94. The van der Waals surface area contributed by atoms with E-state index < -0.39 is 5.91 Å². The predicted octanol–water partition coefficient (Wildman–Crippen LogP) is 5.91. The van der Waals surface area contributed by atoms with Gasteiger partial charge in [0.05, 0.1) is 5.57 Å². The van der Waals surface area contributed by atoms with Crippen LogP contribution in [0.4, 0.5) is 0 Å². The molecule has 1 amide bonds. The maximum absolute atomic E-state index is 12.8. The maximum Gasteiger partial charge on any atom is 0.283 e. The molecule has 0 atom stereocenters. The van der Waals surface area contributed by atoms with Crippen molar-refractivity contribution < 1.29 is 4.79 Å². The van der Waals surface area contributed by atoms with Crippen LogP contribution >= 0.6 is 27.7 Å². The number of hydrazone groups is 1. The van der Waals surface area contributed by atoms with E-state index in [1.165, 1.54) is 16.8 Å². The molecule has 1 aromatic carbocycles. The molecular weight excluding hydrogens is 474 g/mol. The van der Waals surface area contributed by atoms with Gasteiger partial charge in [-0.2, -0.15) is 15.1 Å². The number of fused-ring (bicyclic) bond motifs is 1. The molecule has 0 unspecified atom stereocenters. The number of carbonyl (C=O) groups is 1. The maximum atomic E-state index is 12.8. The van der Waals surface area contributed by atoms with Crippen LogP contribution in [0.5, 0.6) is 0 Å². The highest BCUT2D eigenvalue weighted by Gasteiger charge is 2.37. The molecule has 0 aliphatic carbocycles. The molecule has 2 aromatic rings. The van der Waals surface area contributed by atoms with Crippen LogP contribution in [0, 0.1) is 25.2 Å². The average Bonchev–Trinajstić information content (AvgIpc) is 3.26. The van der Waals surface area contributed by atoms with Crippen molar-refractivity contribution in [1.29, 1.82) is 5.41 Å². The minimum absolute atomic E-state index is 0.0794. The summed E-state index contributed by atoms with van der Waals surface area (Å²) >= 11 is 4.93. The Kier molecular flexibility index (Phi) is 6.03. The number of benzene rings is 1. The number of halogens is 1. The fourth-order valence-corrected chi connectivity index (χ4v) is 5.46. The summed E-state index contributed by atoms with van der Waals surface area (Å²) in [5, 5.41) is 16.2. The molecule has 0 saturated carbocycles. The van der Waals surface area contributed by atoms with Gasteiger partial charge in [-0.05, 0) is 74.4 Å². The molecule has 0 fully saturated rings. The van der Waals surface area contributed by atoms with Crippen molar-refractivity contribution in [1.82, 2.24) is 9.58 Å². The zero-order valence-electron chi connectivity index (χ0n) is 17.9. The third-order valence-corrected chi connectivity index (χ3v) is 7.21. The summed E-state index contributed by atoms with van der Waals surface area (Å²) in [6.07, 6.45) is 3.70. The molecule has 0 bridgehead atoms. The topological polar surface area (TPSA) is 73.8 Å². The number of rotatable bonds is 5. The molecule has 8 heteroatoms. The van der Waals surface area contributed by atoms with E-state index >= 15 is 0 Å². The fourth-order valence-electron chi connectivity index (χ4n) is 3.91. The van der Waals surface area contributed by atoms with Crippen LogP contribution in [0.2, 0.25) is 0 Å². The van der Waals surface area contributed by atoms with Crippen molar-refractivity contribution in [3.63, 3.8) is 0 Å². The lowest BCUT2D eigenvalue weighted by Gasteiger charge is -2.20. The van der Waals surface area contributed by atoms with E-state index in [1.807, 2.05) is 38.1 Å². The first-order valence-electron chi connectivity index (χ1n) is 10.3. The number of hydrogen-bond acceptors (Lipinski definition) is 4. The van der Waals surface area contributed by atoms with E-state index in [1.54, 1.807) is 6.08 Å². The number of thioether (sulfide) groups is 1. The molecule has 3 heterocycles. The van der Waals surface area contributed by atoms with Crippen molar-refractivity contribution in [3.8, 4) is 5.69 Å². The summed E-state index contributed by atoms with van der Waals surface area (Å²) in [5.74, 6) is 0.00507. The zero-order chi connectivity index (χ0) is 22.3. The Morgan fingerprint density at radius 1 is 1.23 bits per heavy atom. The van der Waals surface area contributed by atoms with E-state index in [2.05, 4.69) is 50.5 Å². The number of aliphatic imine (C=N–C) groups is 1. The van der Waals surface area contributed by atoms with E-state index in [4.69, 9.17) is 5.41 Å². The summed E-state index contributed by atoms with van der Waals surface area (Å²) in [7, 11) is 0. The SMILES string of the molecule is CCC(CC)C1=NN2C(=N)/C(=C\c3cc(C)n(-c4cccc(Br)c4)c3C)C(=O)N=C2S1. The Morgan fingerprint density at radius 3 is 2.65 bits per heavy atom. The second-order valence-electron chi connectivity index (χ2n) is 7.61. The largest absolute Gasteiger partial charge is 0.318 e. The number of hydrogen-bond donors (Lipinski definition) is 1. The minimum Gasteiger partial charge on any atom is -0.318 e. The molecule has 0 radical (unpaired) electrons. The molecule has 1 N–H and O–H groups in total. The summed E-state index contributed by atoms with van der Waals surface area (Å²) in [4.78, 5) is 17.0. The number of carbonyl (C=O) groups excluding carboxylic acids is 1. The number of amides is 1. The van der Waals surface area contributed by atoms with Crippen LogP contribution in [0.1, 0.15) is 43.6 Å². The fraction of sp³-hybridized carbons (Fsp3) is 0.304. The standard InChI is InChI=1S/C23H24BrN5OS/c1-5-15(6-2)22-27-29-20(25)19(21(30)26-23(29)31-22)11-16-10-13(3)28(14(16)4)18-9-7-8-17(24)12-18/h7-12,15,25H,5-6H2,1-4H3/b19-11+,25-20?. The molecule has 6 nitrogen and oxygen atoms in total. The monoisotopic (exact) mass is 497 g/mol. The first-order chi connectivity index (χ1) is 14.8. The van der Waals surface area contributed by atoms with Crippen LogP contribution in [0.25, 0.3) is 11.8 Å². The Hall–Kier alpha value is -2.45. The minimum atomic E-state index is -0.392. The smallest absolute Gasteiger partial charge is 0.283 e. The molecule has 1 aromatic heterocycles. The molecule has 160 valence electrons. The van der Waals surface area contributed by atoms with Gasteiger partial charge in [0.1, 0.15) is 5.04 Å². The highest BCUT2D eigenvalue weighted by Crippen LogP contribution is 2.33. The van der Waals surface area contributed by atoms with Crippen molar-refractivity contribution in [2.45, 2.75) is 40.5 Å². The van der Waals surface area contributed by atoms with Crippen LogP contribution < -0.4 is 0 Å². The Balaban J connectivity index is 1.71. The Morgan fingerprint density at radius 2 is 1.97 bits per heavy atom. The number of amidine groups is 2. The Bertz CT molecular complexity index is 1170. The van der Waals surface area contributed by atoms with Crippen molar-refractivity contribution in [2.75, 3.05) is 0 Å². The first kappa shape index (κ1) is 21.8. The molecule has 4 rings (SSSR count). The number of aromatic nitrogens is 1. The molecule has 0 spiro atoms. The zero-order valence-corrected chi connectivity index (χ0v) is 20.3. The van der Waals surface area contributed by atoms with Gasteiger partial charge in [-0.1, -0.05) is 35.8 Å². The predicted molar refractivity (Wildman–Crippen MR) is 132 cm³/mol. The summed E-state index contributed by atoms with van der Waals surface area (Å²) in [6, 6.07) is 10.1. The van der Waals surface area contributed by atoms with E-state index in [0.717, 1.165) is 45.0 Å². The quantitative estimate of drug-likeness (QED) is 0.521. The highest BCUT2D eigenvalue weighted by atomic mass is 79.9. The first-order valence-corrected chi connectivity index (χ1v) is 11.9. The second kappa shape index (κ2) is 8.59. The van der Waals surface area contributed by atoms with Crippen LogP contribution in [0.3, 0.4) is 0 Å². The van der Waals surface area contributed by atoms with Gasteiger partial charge in [0.15, 0.2) is 5.84 Å². The van der Waals surface area contributed by atoms with E-state index in [0.29, 0.717) is 11.1 Å². The summed E-state index contributed by atoms with van der Waals surface area (Å²) in [5.41, 5.74) is 4.23. The number of nitrogens with zero attached hydrogens (tertiary/aromatic N) is 4. The molecular formula is C23H24BrN5OS. The molecule has 31 heavy (non-hydrogen) atoms. The van der Waals surface area contributed by atoms with Crippen molar-refractivity contribution in [2.24, 2.45) is 16.0 Å². The summed E-state index contributed by atoms with van der Waals surface area (Å²) in [6.45, 7) is 8.29. The second-order valence-corrected chi connectivity index (χ2v) is 9.52. The van der Waals surface area contributed by atoms with Crippen molar-refractivity contribution in [3.05, 3.63) is 57.3 Å². The Labute approximate surface area is 194 Å². The lowest BCUT2D eigenvalue weighted by Crippen LogP contribution is -2.35. The lowest BCUT2D eigenvalue weighted by atomic mass is 10.1. The van der Waals surface area contributed by atoms with Gasteiger partial charge in [-0.3, -0.25) is 10.2 Å². The average molecular weight is 498 g/mol. The lowest BCUT2D eigenvalue weighted by molar-refractivity contribution is -0.114.